The molecular weight excluding hydrogens is 314 g/mol. The van der Waals surface area contributed by atoms with Crippen molar-refractivity contribution in [1.29, 1.82) is 0 Å². The second-order valence-electron chi connectivity index (χ2n) is 6.54. The van der Waals surface area contributed by atoms with Crippen LogP contribution in [-0.4, -0.2) is 26.9 Å². The SMILES string of the molecule is BrC1CC2CCC(C1)N2c1ncnc2c1CCCCC2. The molecule has 3 aliphatic rings. The molecular formula is C16H22BrN3. The minimum Gasteiger partial charge on any atom is -0.350 e. The number of piperidine rings is 1. The number of anilines is 1. The number of aryl methyl sites for hydroxylation is 1. The van der Waals surface area contributed by atoms with E-state index in [9.17, 15) is 0 Å². The van der Waals surface area contributed by atoms with Crippen molar-refractivity contribution in [1.82, 2.24) is 9.97 Å². The zero-order valence-electron chi connectivity index (χ0n) is 11.9. The Morgan fingerprint density at radius 1 is 1.00 bits per heavy atom. The topological polar surface area (TPSA) is 29.0 Å². The molecule has 0 N–H and O–H groups in total. The Kier molecular flexibility index (Phi) is 3.45. The fraction of sp³-hybridized carbons (Fsp3) is 0.750. The van der Waals surface area contributed by atoms with Gasteiger partial charge in [-0.25, -0.2) is 9.97 Å². The van der Waals surface area contributed by atoms with Crippen molar-refractivity contribution in [2.45, 2.75) is 74.7 Å². The summed E-state index contributed by atoms with van der Waals surface area (Å²) in [5.41, 5.74) is 2.79. The van der Waals surface area contributed by atoms with E-state index < -0.39 is 0 Å². The molecule has 1 aliphatic carbocycles. The van der Waals surface area contributed by atoms with Gasteiger partial charge >= 0.3 is 0 Å². The molecule has 108 valence electrons. The number of nitrogens with zero attached hydrogens (tertiary/aromatic N) is 3. The molecule has 2 saturated heterocycles. The van der Waals surface area contributed by atoms with Crippen molar-refractivity contribution >= 4 is 21.7 Å². The third-order valence-corrected chi connectivity index (χ3v) is 6.02. The second kappa shape index (κ2) is 5.28. The minimum absolute atomic E-state index is 0.695. The molecule has 0 radical (unpaired) electrons. The van der Waals surface area contributed by atoms with E-state index in [1.165, 1.54) is 68.4 Å². The van der Waals surface area contributed by atoms with Crippen LogP contribution in [0.25, 0.3) is 0 Å². The summed E-state index contributed by atoms with van der Waals surface area (Å²) in [7, 11) is 0. The standard InChI is InChI=1S/C16H22BrN3/c17-11-8-12-6-7-13(9-11)20(12)16-14-4-2-1-3-5-15(14)18-10-19-16/h10-13H,1-9H2. The average Bonchev–Trinajstić information content (AvgIpc) is 2.65. The van der Waals surface area contributed by atoms with E-state index >= 15 is 0 Å². The molecule has 0 aromatic carbocycles. The van der Waals surface area contributed by atoms with Gasteiger partial charge in [-0.05, 0) is 51.4 Å². The summed E-state index contributed by atoms with van der Waals surface area (Å²) >= 11 is 3.84. The molecule has 3 heterocycles. The van der Waals surface area contributed by atoms with Crippen molar-refractivity contribution in [3.63, 3.8) is 0 Å². The third-order valence-electron chi connectivity index (χ3n) is 5.27. The quantitative estimate of drug-likeness (QED) is 0.579. The fourth-order valence-electron chi connectivity index (χ4n) is 4.36. The van der Waals surface area contributed by atoms with Gasteiger partial charge in [0.1, 0.15) is 12.1 Å². The van der Waals surface area contributed by atoms with Crippen LogP contribution in [0.15, 0.2) is 6.33 Å². The number of aromatic nitrogens is 2. The number of fused-ring (bicyclic) bond motifs is 3. The molecule has 4 heteroatoms. The lowest BCUT2D eigenvalue weighted by Crippen LogP contribution is -2.44. The average molecular weight is 336 g/mol. The van der Waals surface area contributed by atoms with Crippen LogP contribution in [0.4, 0.5) is 5.82 Å². The van der Waals surface area contributed by atoms with Crippen molar-refractivity contribution < 1.29 is 0 Å². The molecule has 1 aromatic heterocycles. The number of hydrogen-bond donors (Lipinski definition) is 0. The molecule has 2 bridgehead atoms. The van der Waals surface area contributed by atoms with E-state index in [0.717, 1.165) is 6.42 Å². The molecule has 3 nitrogen and oxygen atoms in total. The van der Waals surface area contributed by atoms with Gasteiger partial charge in [0.05, 0.1) is 0 Å². The highest BCUT2D eigenvalue weighted by Crippen LogP contribution is 2.42. The number of alkyl halides is 1. The Bertz CT molecular complexity index is 490. The smallest absolute Gasteiger partial charge is 0.135 e. The zero-order valence-corrected chi connectivity index (χ0v) is 13.5. The summed E-state index contributed by atoms with van der Waals surface area (Å²) in [4.78, 5) is 12.7. The van der Waals surface area contributed by atoms with Crippen LogP contribution in [-0.2, 0) is 12.8 Å². The molecule has 4 rings (SSSR count). The molecule has 2 aliphatic heterocycles. The first kappa shape index (κ1) is 13.1. The summed E-state index contributed by atoms with van der Waals surface area (Å²) in [6.45, 7) is 0. The van der Waals surface area contributed by atoms with Crippen LogP contribution in [0.2, 0.25) is 0 Å². The summed E-state index contributed by atoms with van der Waals surface area (Å²) in [6, 6.07) is 1.39. The molecule has 0 amide bonds. The zero-order chi connectivity index (χ0) is 13.5. The fourth-order valence-corrected chi connectivity index (χ4v) is 5.22. The first-order chi connectivity index (χ1) is 9.83. The molecule has 2 unspecified atom stereocenters. The van der Waals surface area contributed by atoms with Crippen molar-refractivity contribution in [3.8, 4) is 0 Å². The van der Waals surface area contributed by atoms with E-state index in [2.05, 4.69) is 25.8 Å². The van der Waals surface area contributed by atoms with Gasteiger partial charge in [-0.2, -0.15) is 0 Å². The Morgan fingerprint density at radius 3 is 2.55 bits per heavy atom. The molecule has 1 aromatic rings. The summed E-state index contributed by atoms with van der Waals surface area (Å²) in [5, 5.41) is 0. The maximum absolute atomic E-state index is 4.72. The number of halogens is 1. The van der Waals surface area contributed by atoms with Crippen molar-refractivity contribution in [3.05, 3.63) is 17.6 Å². The second-order valence-corrected chi connectivity index (χ2v) is 7.84. The van der Waals surface area contributed by atoms with Crippen LogP contribution in [0.5, 0.6) is 0 Å². The van der Waals surface area contributed by atoms with E-state index in [0.29, 0.717) is 16.9 Å². The van der Waals surface area contributed by atoms with Crippen LogP contribution < -0.4 is 4.90 Å². The Morgan fingerprint density at radius 2 is 1.75 bits per heavy atom. The normalized spacial score (nSPS) is 32.9. The van der Waals surface area contributed by atoms with Gasteiger partial charge in [0.15, 0.2) is 0 Å². The lowest BCUT2D eigenvalue weighted by Gasteiger charge is -2.39. The van der Waals surface area contributed by atoms with Crippen molar-refractivity contribution in [2.24, 2.45) is 0 Å². The van der Waals surface area contributed by atoms with Crippen LogP contribution in [0, 0.1) is 0 Å². The van der Waals surface area contributed by atoms with Gasteiger partial charge in [-0.1, -0.05) is 22.4 Å². The molecule has 20 heavy (non-hydrogen) atoms. The lowest BCUT2D eigenvalue weighted by molar-refractivity contribution is 0.477. The molecule has 0 spiro atoms. The van der Waals surface area contributed by atoms with E-state index in [1.54, 1.807) is 6.33 Å². The van der Waals surface area contributed by atoms with Gasteiger partial charge in [0.2, 0.25) is 0 Å². The number of hydrogen-bond acceptors (Lipinski definition) is 3. The molecule has 2 fully saturated rings. The maximum atomic E-state index is 4.72. The van der Waals surface area contributed by atoms with Gasteiger partial charge < -0.3 is 4.90 Å². The Labute approximate surface area is 129 Å². The van der Waals surface area contributed by atoms with Gasteiger partial charge in [-0.3, -0.25) is 0 Å². The summed E-state index contributed by atoms with van der Waals surface area (Å²) in [5.74, 6) is 1.28. The van der Waals surface area contributed by atoms with E-state index in [-0.39, 0.29) is 0 Å². The van der Waals surface area contributed by atoms with Crippen LogP contribution >= 0.6 is 15.9 Å². The first-order valence-electron chi connectivity index (χ1n) is 8.08. The summed E-state index contributed by atoms with van der Waals surface area (Å²) < 4.78 is 0. The van der Waals surface area contributed by atoms with Crippen LogP contribution in [0.3, 0.4) is 0 Å². The highest BCUT2D eigenvalue weighted by atomic mass is 79.9. The largest absolute Gasteiger partial charge is 0.350 e. The predicted molar refractivity (Wildman–Crippen MR) is 84.5 cm³/mol. The first-order valence-corrected chi connectivity index (χ1v) is 8.99. The highest BCUT2D eigenvalue weighted by Gasteiger charge is 2.41. The van der Waals surface area contributed by atoms with Gasteiger partial charge in [-0.15, -0.1) is 0 Å². The van der Waals surface area contributed by atoms with Crippen molar-refractivity contribution in [2.75, 3.05) is 4.90 Å². The maximum Gasteiger partial charge on any atom is 0.135 e. The highest BCUT2D eigenvalue weighted by molar-refractivity contribution is 9.09. The summed E-state index contributed by atoms with van der Waals surface area (Å²) in [6.07, 6.45) is 13.3. The molecule has 2 atom stereocenters. The third kappa shape index (κ3) is 2.16. The van der Waals surface area contributed by atoms with E-state index in [1.807, 2.05) is 0 Å². The van der Waals surface area contributed by atoms with Gasteiger partial charge in [0.25, 0.3) is 0 Å². The van der Waals surface area contributed by atoms with Gasteiger partial charge in [0, 0.05) is 28.2 Å². The van der Waals surface area contributed by atoms with E-state index in [4.69, 9.17) is 4.98 Å². The predicted octanol–water partition coefficient (Wildman–Crippen LogP) is 3.64. The monoisotopic (exact) mass is 335 g/mol. The Balaban J connectivity index is 1.72. The lowest BCUT2D eigenvalue weighted by atomic mass is 10.0. The molecule has 0 saturated carbocycles. The number of rotatable bonds is 1. The van der Waals surface area contributed by atoms with Crippen LogP contribution in [0.1, 0.15) is 56.2 Å². The Hall–Kier alpha value is -0.640. The minimum atomic E-state index is 0.695.